The maximum atomic E-state index is 11.9. The molecule has 0 radical (unpaired) electrons. The van der Waals surface area contributed by atoms with Crippen molar-refractivity contribution in [2.45, 2.75) is 13.0 Å². The van der Waals surface area contributed by atoms with Crippen LogP contribution >= 0.6 is 0 Å². The minimum atomic E-state index is -0.853. The van der Waals surface area contributed by atoms with Crippen molar-refractivity contribution in [2.75, 3.05) is 6.61 Å². The summed E-state index contributed by atoms with van der Waals surface area (Å²) in [5, 5.41) is 3.62. The average Bonchev–Trinajstić information content (AvgIpc) is 3.04. The van der Waals surface area contributed by atoms with Crippen LogP contribution in [0.25, 0.3) is 11.0 Å². The number of hydrogen-bond acceptors (Lipinski definition) is 5. The number of ether oxygens (including phenoxy) is 1. The second kappa shape index (κ2) is 7.04. The number of carbonyl (C=O) groups excluding carboxylic acids is 2. The zero-order valence-corrected chi connectivity index (χ0v) is 13.4. The van der Waals surface area contributed by atoms with Crippen LogP contribution in [-0.4, -0.2) is 23.5 Å². The van der Waals surface area contributed by atoms with Gasteiger partial charge < -0.3 is 19.5 Å². The fraction of sp³-hybridized carbons (Fsp3) is 0.167. The monoisotopic (exact) mass is 340 g/mol. The number of nitrogens with one attached hydrogen (secondary N) is 2. The first kappa shape index (κ1) is 16.5. The molecule has 2 N–H and O–H groups in total. The van der Waals surface area contributed by atoms with Gasteiger partial charge in [-0.05, 0) is 31.2 Å². The molecule has 0 saturated heterocycles. The van der Waals surface area contributed by atoms with Crippen molar-refractivity contribution in [1.29, 1.82) is 0 Å². The molecule has 1 aromatic carbocycles. The standard InChI is InChI=1S/C18H16N2O5/c1-11(15-9-12-5-2-3-7-14(12)25-15)20-16(21)10-24-18(23)13-6-4-8-19-17(13)22/h2-9,11H,10H2,1H3,(H,19,22)(H,20,21)/t11-/m1/s1. The van der Waals surface area contributed by atoms with Crippen LogP contribution in [0.15, 0.2) is 57.9 Å². The predicted octanol–water partition coefficient (Wildman–Crippen LogP) is 2.16. The Morgan fingerprint density at radius 3 is 2.80 bits per heavy atom. The summed E-state index contributed by atoms with van der Waals surface area (Å²) in [5.41, 5.74) is 0.0116. The molecular formula is C18H16N2O5. The van der Waals surface area contributed by atoms with Gasteiger partial charge in [-0.3, -0.25) is 9.59 Å². The number of aromatic amines is 1. The molecule has 0 aliphatic rings. The van der Waals surface area contributed by atoms with Crippen LogP contribution in [0, 0.1) is 0 Å². The number of para-hydroxylation sites is 1. The third kappa shape index (κ3) is 3.77. The fourth-order valence-corrected chi connectivity index (χ4v) is 2.36. The van der Waals surface area contributed by atoms with Crippen molar-refractivity contribution in [3.63, 3.8) is 0 Å². The molecule has 0 spiro atoms. The molecule has 0 aliphatic carbocycles. The highest BCUT2D eigenvalue weighted by atomic mass is 16.5. The van der Waals surface area contributed by atoms with E-state index in [0.717, 1.165) is 11.0 Å². The van der Waals surface area contributed by atoms with E-state index in [1.165, 1.54) is 18.3 Å². The van der Waals surface area contributed by atoms with Crippen molar-refractivity contribution in [2.24, 2.45) is 0 Å². The molecule has 2 heterocycles. The zero-order valence-electron chi connectivity index (χ0n) is 13.4. The number of fused-ring (bicyclic) bond motifs is 1. The van der Waals surface area contributed by atoms with Crippen LogP contribution in [0.2, 0.25) is 0 Å². The van der Waals surface area contributed by atoms with Crippen molar-refractivity contribution < 1.29 is 18.7 Å². The van der Waals surface area contributed by atoms with E-state index in [1.807, 2.05) is 30.3 Å². The number of furan rings is 1. The highest BCUT2D eigenvalue weighted by Gasteiger charge is 2.17. The molecule has 2 aromatic heterocycles. The highest BCUT2D eigenvalue weighted by Crippen LogP contribution is 2.23. The number of rotatable bonds is 5. The number of H-pyrrole nitrogens is 1. The molecule has 7 heteroatoms. The largest absolute Gasteiger partial charge is 0.459 e. The zero-order chi connectivity index (χ0) is 17.8. The summed E-state index contributed by atoms with van der Waals surface area (Å²) >= 11 is 0. The minimum Gasteiger partial charge on any atom is -0.459 e. The van der Waals surface area contributed by atoms with Gasteiger partial charge in [-0.25, -0.2) is 4.79 Å². The molecule has 1 atom stereocenters. The van der Waals surface area contributed by atoms with Crippen LogP contribution in [0.5, 0.6) is 0 Å². The lowest BCUT2D eigenvalue weighted by Crippen LogP contribution is -2.31. The van der Waals surface area contributed by atoms with Gasteiger partial charge in [0, 0.05) is 11.6 Å². The number of hydrogen-bond donors (Lipinski definition) is 2. The van der Waals surface area contributed by atoms with Gasteiger partial charge in [-0.1, -0.05) is 18.2 Å². The average molecular weight is 340 g/mol. The van der Waals surface area contributed by atoms with E-state index in [4.69, 9.17) is 9.15 Å². The second-order valence-corrected chi connectivity index (χ2v) is 5.46. The maximum absolute atomic E-state index is 11.9. The molecule has 0 unspecified atom stereocenters. The molecule has 1 amide bonds. The summed E-state index contributed by atoms with van der Waals surface area (Å²) < 4.78 is 10.5. The number of aromatic nitrogens is 1. The minimum absolute atomic E-state index is 0.152. The Bertz CT molecular complexity index is 940. The molecule has 0 aliphatic heterocycles. The van der Waals surface area contributed by atoms with E-state index >= 15 is 0 Å². The number of esters is 1. The van der Waals surface area contributed by atoms with Crippen molar-refractivity contribution >= 4 is 22.8 Å². The van der Waals surface area contributed by atoms with Gasteiger partial charge in [0.15, 0.2) is 6.61 Å². The molecule has 3 aromatic rings. The van der Waals surface area contributed by atoms with Gasteiger partial charge in [0.1, 0.15) is 16.9 Å². The summed E-state index contributed by atoms with van der Waals surface area (Å²) in [4.78, 5) is 37.6. The van der Waals surface area contributed by atoms with Gasteiger partial charge in [0.25, 0.3) is 11.5 Å². The van der Waals surface area contributed by atoms with Crippen LogP contribution in [0.1, 0.15) is 29.1 Å². The molecule has 0 saturated carbocycles. The maximum Gasteiger partial charge on any atom is 0.344 e. The van der Waals surface area contributed by atoms with E-state index in [2.05, 4.69) is 10.3 Å². The first-order valence-corrected chi connectivity index (χ1v) is 7.67. The van der Waals surface area contributed by atoms with E-state index in [1.54, 1.807) is 6.92 Å². The van der Waals surface area contributed by atoms with Gasteiger partial charge >= 0.3 is 5.97 Å². The molecule has 0 bridgehead atoms. The van der Waals surface area contributed by atoms with Gasteiger partial charge in [0.05, 0.1) is 6.04 Å². The lowest BCUT2D eigenvalue weighted by Gasteiger charge is -2.11. The van der Waals surface area contributed by atoms with Gasteiger partial charge in [-0.15, -0.1) is 0 Å². The summed E-state index contributed by atoms with van der Waals surface area (Å²) in [7, 11) is 0. The third-order valence-corrected chi connectivity index (χ3v) is 3.62. The van der Waals surface area contributed by atoms with Crippen molar-refractivity contribution in [1.82, 2.24) is 10.3 Å². The molecule has 25 heavy (non-hydrogen) atoms. The van der Waals surface area contributed by atoms with Gasteiger partial charge in [-0.2, -0.15) is 0 Å². The summed E-state index contributed by atoms with van der Waals surface area (Å²) in [6.07, 6.45) is 1.40. The summed E-state index contributed by atoms with van der Waals surface area (Å²) in [6, 6.07) is 11.8. The first-order chi connectivity index (χ1) is 12.0. The van der Waals surface area contributed by atoms with Crippen molar-refractivity contribution in [3.05, 3.63) is 70.3 Å². The van der Waals surface area contributed by atoms with Crippen LogP contribution in [0.3, 0.4) is 0 Å². The van der Waals surface area contributed by atoms with E-state index in [0.29, 0.717) is 5.76 Å². The van der Waals surface area contributed by atoms with Gasteiger partial charge in [0.2, 0.25) is 0 Å². The van der Waals surface area contributed by atoms with Crippen LogP contribution < -0.4 is 10.9 Å². The first-order valence-electron chi connectivity index (χ1n) is 7.67. The summed E-state index contributed by atoms with van der Waals surface area (Å²) in [6.45, 7) is 1.27. The summed E-state index contributed by atoms with van der Waals surface area (Å²) in [5.74, 6) is -0.748. The molecule has 3 rings (SSSR count). The van der Waals surface area contributed by atoms with Crippen molar-refractivity contribution in [3.8, 4) is 0 Å². The SMILES string of the molecule is C[C@@H](NC(=O)COC(=O)c1ccc[nH]c1=O)c1cc2ccccc2o1. The van der Waals surface area contributed by atoms with Crippen LogP contribution in [0.4, 0.5) is 0 Å². The Hall–Kier alpha value is -3.35. The normalized spacial score (nSPS) is 11.9. The number of amides is 1. The van der Waals surface area contributed by atoms with Crippen LogP contribution in [-0.2, 0) is 9.53 Å². The number of benzene rings is 1. The fourth-order valence-electron chi connectivity index (χ4n) is 2.36. The van der Waals surface area contributed by atoms with E-state index in [-0.39, 0.29) is 5.56 Å². The Morgan fingerprint density at radius 2 is 2.04 bits per heavy atom. The smallest absolute Gasteiger partial charge is 0.344 e. The number of carbonyl (C=O) groups is 2. The predicted molar refractivity (Wildman–Crippen MR) is 90.1 cm³/mol. The quantitative estimate of drug-likeness (QED) is 0.693. The molecular weight excluding hydrogens is 324 g/mol. The lowest BCUT2D eigenvalue weighted by atomic mass is 10.2. The van der Waals surface area contributed by atoms with E-state index < -0.39 is 30.1 Å². The number of pyridine rings is 1. The Morgan fingerprint density at radius 1 is 1.24 bits per heavy atom. The Kier molecular flexibility index (Phi) is 4.65. The molecule has 128 valence electrons. The van der Waals surface area contributed by atoms with E-state index in [9.17, 15) is 14.4 Å². The topological polar surface area (TPSA) is 101 Å². The molecule has 0 fully saturated rings. The lowest BCUT2D eigenvalue weighted by molar-refractivity contribution is -0.125. The Labute approximate surface area is 142 Å². The Balaban J connectivity index is 1.58. The molecule has 7 nitrogen and oxygen atoms in total. The second-order valence-electron chi connectivity index (χ2n) is 5.46. The highest BCUT2D eigenvalue weighted by molar-refractivity contribution is 5.91. The third-order valence-electron chi connectivity index (χ3n) is 3.62.